The Kier molecular flexibility index (Phi) is 3.33. The van der Waals surface area contributed by atoms with E-state index in [1.54, 1.807) is 6.26 Å². The molecule has 0 bridgehead atoms. The van der Waals surface area contributed by atoms with Gasteiger partial charge in [-0.25, -0.2) is 9.97 Å². The minimum atomic E-state index is -4.45. The van der Waals surface area contributed by atoms with Crippen LogP contribution in [-0.2, 0) is 12.7 Å². The van der Waals surface area contributed by atoms with E-state index in [0.29, 0.717) is 0 Å². The highest BCUT2D eigenvalue weighted by Gasteiger charge is 2.33. The van der Waals surface area contributed by atoms with Crippen LogP contribution in [0.25, 0.3) is 0 Å². The van der Waals surface area contributed by atoms with Gasteiger partial charge in [-0.3, -0.25) is 0 Å². The second-order valence-corrected chi connectivity index (χ2v) is 3.24. The van der Waals surface area contributed by atoms with Crippen LogP contribution >= 0.6 is 11.8 Å². The van der Waals surface area contributed by atoms with Crippen molar-refractivity contribution < 1.29 is 13.2 Å². The lowest BCUT2D eigenvalue weighted by Crippen LogP contribution is -2.13. The molecule has 7 heteroatoms. The van der Waals surface area contributed by atoms with Crippen LogP contribution in [0, 0.1) is 0 Å². The summed E-state index contributed by atoms with van der Waals surface area (Å²) in [5, 5.41) is 0.271. The molecule has 1 aromatic heterocycles. The Morgan fingerprint density at radius 1 is 1.43 bits per heavy atom. The predicted molar refractivity (Wildman–Crippen MR) is 46.7 cm³/mol. The van der Waals surface area contributed by atoms with E-state index in [4.69, 9.17) is 5.73 Å². The maximum absolute atomic E-state index is 12.3. The molecular weight excluding hydrogens is 215 g/mol. The van der Waals surface area contributed by atoms with Crippen molar-refractivity contribution in [1.82, 2.24) is 9.97 Å². The first-order valence-electron chi connectivity index (χ1n) is 3.66. The molecular formula is C7H8F3N3S. The Labute approximate surface area is 82.9 Å². The Bertz CT molecular complexity index is 304. The molecule has 0 unspecified atom stereocenters. The highest BCUT2D eigenvalue weighted by atomic mass is 32.2. The fraction of sp³-hybridized carbons (Fsp3) is 0.429. The number of thioether (sulfide) groups is 1. The molecule has 0 atom stereocenters. The summed E-state index contributed by atoms with van der Waals surface area (Å²) in [5.41, 5.74) is 4.24. The van der Waals surface area contributed by atoms with E-state index in [1.807, 2.05) is 0 Å². The molecule has 0 aliphatic carbocycles. The number of rotatable bonds is 2. The van der Waals surface area contributed by atoms with Crippen LogP contribution in [-0.4, -0.2) is 16.2 Å². The standard InChI is InChI=1S/C7H8F3N3S/c1-14-6-2-4(7(8,9)10)12-5(3-11)13-6/h2H,3,11H2,1H3. The number of nitrogens with zero attached hydrogens (tertiary/aromatic N) is 2. The monoisotopic (exact) mass is 223 g/mol. The molecule has 14 heavy (non-hydrogen) atoms. The fourth-order valence-electron chi connectivity index (χ4n) is 0.814. The maximum Gasteiger partial charge on any atom is 0.433 e. The lowest BCUT2D eigenvalue weighted by molar-refractivity contribution is -0.141. The summed E-state index contributed by atoms with van der Waals surface area (Å²) in [6, 6.07) is 0.907. The van der Waals surface area contributed by atoms with E-state index in [-0.39, 0.29) is 17.4 Å². The zero-order chi connectivity index (χ0) is 10.8. The lowest BCUT2D eigenvalue weighted by Gasteiger charge is -2.08. The van der Waals surface area contributed by atoms with Gasteiger partial charge in [-0.1, -0.05) is 0 Å². The summed E-state index contributed by atoms with van der Waals surface area (Å²) >= 11 is 1.12. The highest BCUT2D eigenvalue weighted by Crippen LogP contribution is 2.29. The van der Waals surface area contributed by atoms with E-state index in [9.17, 15) is 13.2 Å². The van der Waals surface area contributed by atoms with E-state index in [1.165, 1.54) is 0 Å². The highest BCUT2D eigenvalue weighted by molar-refractivity contribution is 7.98. The van der Waals surface area contributed by atoms with Gasteiger partial charge in [0.25, 0.3) is 0 Å². The van der Waals surface area contributed by atoms with E-state index < -0.39 is 11.9 Å². The van der Waals surface area contributed by atoms with Crippen LogP contribution in [0.2, 0.25) is 0 Å². The molecule has 0 aliphatic heterocycles. The van der Waals surface area contributed by atoms with Crippen LogP contribution in [0.15, 0.2) is 11.1 Å². The molecule has 0 aromatic carbocycles. The number of hydrogen-bond donors (Lipinski definition) is 1. The van der Waals surface area contributed by atoms with Gasteiger partial charge in [0.1, 0.15) is 16.5 Å². The largest absolute Gasteiger partial charge is 0.433 e. The van der Waals surface area contributed by atoms with Gasteiger partial charge in [-0.2, -0.15) is 13.2 Å². The summed E-state index contributed by atoms with van der Waals surface area (Å²) < 4.78 is 36.8. The zero-order valence-corrected chi connectivity index (χ0v) is 8.11. The molecule has 0 saturated heterocycles. The first-order chi connectivity index (χ1) is 6.47. The number of nitrogens with two attached hydrogens (primary N) is 1. The molecule has 0 fully saturated rings. The molecule has 1 aromatic rings. The maximum atomic E-state index is 12.3. The van der Waals surface area contributed by atoms with Gasteiger partial charge in [-0.05, 0) is 6.26 Å². The van der Waals surface area contributed by atoms with Crippen molar-refractivity contribution in [2.45, 2.75) is 17.7 Å². The summed E-state index contributed by atoms with van der Waals surface area (Å²) in [5.74, 6) is 0.00387. The van der Waals surface area contributed by atoms with Crippen molar-refractivity contribution in [3.8, 4) is 0 Å². The van der Waals surface area contributed by atoms with Gasteiger partial charge in [0.15, 0.2) is 0 Å². The normalized spacial score (nSPS) is 11.8. The second kappa shape index (κ2) is 4.14. The third-order valence-corrected chi connectivity index (χ3v) is 2.06. The minimum absolute atomic E-state index is 0.00387. The zero-order valence-electron chi connectivity index (χ0n) is 7.30. The van der Waals surface area contributed by atoms with Gasteiger partial charge in [0.2, 0.25) is 0 Å². The molecule has 2 N–H and O–H groups in total. The summed E-state index contributed by atoms with van der Waals surface area (Å²) in [4.78, 5) is 7.11. The average molecular weight is 223 g/mol. The van der Waals surface area contributed by atoms with Crippen molar-refractivity contribution in [1.29, 1.82) is 0 Å². The predicted octanol–water partition coefficient (Wildman–Crippen LogP) is 1.68. The van der Waals surface area contributed by atoms with E-state index in [0.717, 1.165) is 17.8 Å². The average Bonchev–Trinajstić information content (AvgIpc) is 2.15. The third-order valence-electron chi connectivity index (χ3n) is 1.43. The molecule has 0 saturated carbocycles. The van der Waals surface area contributed by atoms with Crippen molar-refractivity contribution in [2.24, 2.45) is 5.73 Å². The Morgan fingerprint density at radius 3 is 2.50 bits per heavy atom. The van der Waals surface area contributed by atoms with Crippen LogP contribution < -0.4 is 5.73 Å². The summed E-state index contributed by atoms with van der Waals surface area (Å²) in [6.45, 7) is -0.0997. The minimum Gasteiger partial charge on any atom is -0.324 e. The Morgan fingerprint density at radius 2 is 2.07 bits per heavy atom. The van der Waals surface area contributed by atoms with Crippen LogP contribution in [0.1, 0.15) is 11.5 Å². The van der Waals surface area contributed by atoms with Gasteiger partial charge in [0, 0.05) is 6.07 Å². The third kappa shape index (κ3) is 2.58. The van der Waals surface area contributed by atoms with Gasteiger partial charge in [0.05, 0.1) is 6.54 Å². The second-order valence-electron chi connectivity index (χ2n) is 2.41. The Balaban J connectivity index is 3.17. The Hall–Kier alpha value is -0.820. The smallest absolute Gasteiger partial charge is 0.324 e. The van der Waals surface area contributed by atoms with Crippen molar-refractivity contribution in [3.63, 3.8) is 0 Å². The van der Waals surface area contributed by atoms with E-state index in [2.05, 4.69) is 9.97 Å². The molecule has 3 nitrogen and oxygen atoms in total. The SMILES string of the molecule is CSc1cc(C(F)(F)F)nc(CN)n1. The van der Waals surface area contributed by atoms with Crippen LogP contribution in [0.4, 0.5) is 13.2 Å². The number of hydrogen-bond acceptors (Lipinski definition) is 4. The first-order valence-corrected chi connectivity index (χ1v) is 4.89. The van der Waals surface area contributed by atoms with E-state index >= 15 is 0 Å². The summed E-state index contributed by atoms with van der Waals surface area (Å²) in [6.07, 6.45) is -2.81. The molecule has 0 aliphatic rings. The van der Waals surface area contributed by atoms with Gasteiger partial charge < -0.3 is 5.73 Å². The van der Waals surface area contributed by atoms with Crippen molar-refractivity contribution in [3.05, 3.63) is 17.6 Å². The van der Waals surface area contributed by atoms with Crippen LogP contribution in [0.5, 0.6) is 0 Å². The molecule has 78 valence electrons. The van der Waals surface area contributed by atoms with Crippen LogP contribution in [0.3, 0.4) is 0 Å². The molecule has 0 spiro atoms. The topological polar surface area (TPSA) is 51.8 Å². The van der Waals surface area contributed by atoms with Gasteiger partial charge >= 0.3 is 6.18 Å². The molecule has 1 rings (SSSR count). The fourth-order valence-corrected chi connectivity index (χ4v) is 1.24. The number of halogens is 3. The summed E-state index contributed by atoms with van der Waals surface area (Å²) in [7, 11) is 0. The van der Waals surface area contributed by atoms with Crippen molar-refractivity contribution >= 4 is 11.8 Å². The number of aromatic nitrogens is 2. The quantitative estimate of drug-likeness (QED) is 0.612. The van der Waals surface area contributed by atoms with Gasteiger partial charge in [-0.15, -0.1) is 11.8 Å². The molecule has 1 heterocycles. The number of alkyl halides is 3. The first kappa shape index (κ1) is 11.3. The lowest BCUT2D eigenvalue weighted by atomic mass is 10.4. The van der Waals surface area contributed by atoms with Crippen molar-refractivity contribution in [2.75, 3.05) is 6.26 Å². The molecule has 0 amide bonds. The molecule has 0 radical (unpaired) electrons.